The smallest absolute Gasteiger partial charge is 0.258 e. The first kappa shape index (κ1) is 17.3. The molecule has 0 radical (unpaired) electrons. The van der Waals surface area contributed by atoms with Crippen molar-refractivity contribution in [3.8, 4) is 5.75 Å². The predicted molar refractivity (Wildman–Crippen MR) is 111 cm³/mol. The van der Waals surface area contributed by atoms with Gasteiger partial charge in [0.2, 0.25) is 0 Å². The van der Waals surface area contributed by atoms with E-state index in [2.05, 4.69) is 26.2 Å². The van der Waals surface area contributed by atoms with E-state index in [4.69, 9.17) is 16.3 Å². The van der Waals surface area contributed by atoms with Crippen LogP contribution in [-0.4, -0.2) is 18.0 Å². The van der Waals surface area contributed by atoms with Crippen LogP contribution in [0.3, 0.4) is 0 Å². The van der Waals surface area contributed by atoms with Gasteiger partial charge < -0.3 is 4.74 Å². The fourth-order valence-electron chi connectivity index (χ4n) is 2.77. The lowest BCUT2D eigenvalue weighted by Gasteiger charge is -2.07. The standard InChI is InChI=1S/C19H12BrClN2O2S/c1-25-16-9-17-15(8-14(16)21)22-19(26-17)23-18(24)12-6-2-5-11-10(12)4-3-7-13(11)20/h2-9H,1H3,(H,22,23,24). The summed E-state index contributed by atoms with van der Waals surface area (Å²) in [6, 6.07) is 15.0. The largest absolute Gasteiger partial charge is 0.495 e. The van der Waals surface area contributed by atoms with Crippen LogP contribution in [0.25, 0.3) is 21.0 Å². The molecule has 0 spiro atoms. The third-order valence-electron chi connectivity index (χ3n) is 4.00. The van der Waals surface area contributed by atoms with Gasteiger partial charge in [0.1, 0.15) is 5.75 Å². The van der Waals surface area contributed by atoms with E-state index >= 15 is 0 Å². The number of thiazole rings is 1. The van der Waals surface area contributed by atoms with E-state index in [9.17, 15) is 4.79 Å². The summed E-state index contributed by atoms with van der Waals surface area (Å²) >= 11 is 11.0. The zero-order valence-electron chi connectivity index (χ0n) is 13.5. The Labute approximate surface area is 166 Å². The monoisotopic (exact) mass is 446 g/mol. The third kappa shape index (κ3) is 3.05. The van der Waals surface area contributed by atoms with Crippen LogP contribution in [0.5, 0.6) is 5.75 Å². The molecular weight excluding hydrogens is 436 g/mol. The fraction of sp³-hybridized carbons (Fsp3) is 0.0526. The zero-order chi connectivity index (χ0) is 18.3. The van der Waals surface area contributed by atoms with Gasteiger partial charge in [-0.3, -0.25) is 10.1 Å². The third-order valence-corrected chi connectivity index (χ3v) is 5.92. The minimum Gasteiger partial charge on any atom is -0.495 e. The molecule has 26 heavy (non-hydrogen) atoms. The summed E-state index contributed by atoms with van der Waals surface area (Å²) in [7, 11) is 1.56. The number of hydrogen-bond donors (Lipinski definition) is 1. The lowest BCUT2D eigenvalue weighted by molar-refractivity contribution is 0.102. The molecule has 0 atom stereocenters. The number of hydrogen-bond acceptors (Lipinski definition) is 4. The molecule has 0 aliphatic rings. The number of carbonyl (C=O) groups excluding carboxylic acids is 1. The SMILES string of the molecule is COc1cc2sc(NC(=O)c3cccc4c(Br)cccc34)nc2cc1Cl. The topological polar surface area (TPSA) is 51.2 Å². The van der Waals surface area contributed by atoms with Crippen LogP contribution in [0.1, 0.15) is 10.4 Å². The molecule has 4 rings (SSSR count). The Balaban J connectivity index is 1.71. The minimum atomic E-state index is -0.203. The first-order chi connectivity index (χ1) is 12.6. The summed E-state index contributed by atoms with van der Waals surface area (Å²) in [5, 5.41) is 5.76. The van der Waals surface area contributed by atoms with Crippen LogP contribution in [-0.2, 0) is 0 Å². The average molecular weight is 448 g/mol. The Kier molecular flexibility index (Phi) is 4.56. The van der Waals surface area contributed by atoms with Gasteiger partial charge in [-0.2, -0.15) is 0 Å². The second-order valence-electron chi connectivity index (χ2n) is 5.57. The van der Waals surface area contributed by atoms with Crippen LogP contribution in [0, 0.1) is 0 Å². The van der Waals surface area contributed by atoms with Gasteiger partial charge in [0, 0.05) is 16.1 Å². The van der Waals surface area contributed by atoms with Crippen molar-refractivity contribution in [2.45, 2.75) is 0 Å². The first-order valence-corrected chi connectivity index (χ1v) is 9.68. The number of ether oxygens (including phenoxy) is 1. The second-order valence-corrected chi connectivity index (χ2v) is 7.86. The summed E-state index contributed by atoms with van der Waals surface area (Å²) < 4.78 is 7.07. The van der Waals surface area contributed by atoms with Crippen molar-refractivity contribution in [3.05, 3.63) is 63.6 Å². The molecule has 0 bridgehead atoms. The minimum absolute atomic E-state index is 0.203. The van der Waals surface area contributed by atoms with Crippen molar-refractivity contribution in [1.82, 2.24) is 4.98 Å². The molecule has 3 aromatic carbocycles. The highest BCUT2D eigenvalue weighted by Crippen LogP contribution is 2.35. The maximum atomic E-state index is 12.8. The van der Waals surface area contributed by atoms with Gasteiger partial charge >= 0.3 is 0 Å². The predicted octanol–water partition coefficient (Wildman–Crippen LogP) is 6.13. The number of carbonyl (C=O) groups is 1. The fourth-order valence-corrected chi connectivity index (χ4v) is 4.38. The van der Waals surface area contributed by atoms with Gasteiger partial charge in [-0.1, -0.05) is 63.1 Å². The molecular formula is C19H12BrClN2O2S. The first-order valence-electron chi connectivity index (χ1n) is 7.69. The summed E-state index contributed by atoms with van der Waals surface area (Å²) in [5.74, 6) is 0.380. The molecule has 1 aromatic heterocycles. The highest BCUT2D eigenvalue weighted by atomic mass is 79.9. The Morgan fingerprint density at radius 2 is 1.96 bits per heavy atom. The van der Waals surface area contributed by atoms with Crippen molar-refractivity contribution in [3.63, 3.8) is 0 Å². The van der Waals surface area contributed by atoms with Gasteiger partial charge in [-0.25, -0.2) is 4.98 Å². The van der Waals surface area contributed by atoms with E-state index in [0.29, 0.717) is 21.5 Å². The number of rotatable bonds is 3. The van der Waals surface area contributed by atoms with Gasteiger partial charge in [0.25, 0.3) is 5.91 Å². The molecule has 0 aliphatic heterocycles. The Morgan fingerprint density at radius 1 is 1.19 bits per heavy atom. The lowest BCUT2D eigenvalue weighted by atomic mass is 10.0. The highest BCUT2D eigenvalue weighted by molar-refractivity contribution is 9.10. The molecule has 4 nitrogen and oxygen atoms in total. The van der Waals surface area contributed by atoms with Crippen LogP contribution in [0.4, 0.5) is 5.13 Å². The molecule has 0 saturated carbocycles. The van der Waals surface area contributed by atoms with Crippen molar-refractivity contribution in [1.29, 1.82) is 0 Å². The van der Waals surface area contributed by atoms with E-state index in [1.54, 1.807) is 19.2 Å². The summed E-state index contributed by atoms with van der Waals surface area (Å²) in [4.78, 5) is 17.2. The number of benzene rings is 3. The summed E-state index contributed by atoms with van der Waals surface area (Å²) in [6.07, 6.45) is 0. The number of amides is 1. The van der Waals surface area contributed by atoms with Crippen LogP contribution in [0.15, 0.2) is 53.0 Å². The lowest BCUT2D eigenvalue weighted by Crippen LogP contribution is -2.12. The number of nitrogens with one attached hydrogen (secondary N) is 1. The molecule has 1 heterocycles. The second kappa shape index (κ2) is 6.87. The van der Waals surface area contributed by atoms with Crippen molar-refractivity contribution in [2.24, 2.45) is 0 Å². The van der Waals surface area contributed by atoms with Gasteiger partial charge in [0.05, 0.1) is 22.3 Å². The molecule has 0 aliphatic carbocycles. The van der Waals surface area contributed by atoms with Crippen molar-refractivity contribution in [2.75, 3.05) is 12.4 Å². The Hall–Kier alpha value is -2.15. The number of halogens is 2. The highest BCUT2D eigenvalue weighted by Gasteiger charge is 2.14. The van der Waals surface area contributed by atoms with E-state index in [0.717, 1.165) is 25.5 Å². The maximum Gasteiger partial charge on any atom is 0.258 e. The Morgan fingerprint density at radius 3 is 2.77 bits per heavy atom. The van der Waals surface area contributed by atoms with Crippen LogP contribution >= 0.6 is 38.9 Å². The molecule has 7 heteroatoms. The number of methoxy groups -OCH3 is 1. The molecule has 0 unspecified atom stereocenters. The van der Waals surface area contributed by atoms with E-state index in [-0.39, 0.29) is 5.91 Å². The van der Waals surface area contributed by atoms with Crippen LogP contribution in [0.2, 0.25) is 5.02 Å². The Bertz CT molecular complexity index is 1160. The van der Waals surface area contributed by atoms with Crippen LogP contribution < -0.4 is 10.1 Å². The number of nitrogens with zero attached hydrogens (tertiary/aromatic N) is 1. The number of fused-ring (bicyclic) bond motifs is 2. The summed E-state index contributed by atoms with van der Waals surface area (Å²) in [6.45, 7) is 0. The van der Waals surface area contributed by atoms with Gasteiger partial charge in [0.15, 0.2) is 5.13 Å². The van der Waals surface area contributed by atoms with Crippen molar-refractivity contribution >= 4 is 70.9 Å². The normalized spacial score (nSPS) is 11.0. The number of aromatic nitrogens is 1. The van der Waals surface area contributed by atoms with E-state index in [1.165, 1.54) is 11.3 Å². The van der Waals surface area contributed by atoms with Crippen molar-refractivity contribution < 1.29 is 9.53 Å². The number of anilines is 1. The molecule has 1 amide bonds. The van der Waals surface area contributed by atoms with E-state index in [1.807, 2.05) is 36.4 Å². The molecule has 0 fully saturated rings. The van der Waals surface area contributed by atoms with Gasteiger partial charge in [-0.05, 0) is 29.0 Å². The quantitative estimate of drug-likeness (QED) is 0.411. The summed E-state index contributed by atoms with van der Waals surface area (Å²) in [5.41, 5.74) is 1.32. The zero-order valence-corrected chi connectivity index (χ0v) is 16.7. The molecule has 1 N–H and O–H groups in total. The molecule has 0 saturated heterocycles. The van der Waals surface area contributed by atoms with Gasteiger partial charge in [-0.15, -0.1) is 0 Å². The molecule has 130 valence electrons. The average Bonchev–Trinajstić information content (AvgIpc) is 3.01. The molecule has 4 aromatic rings. The van der Waals surface area contributed by atoms with E-state index < -0.39 is 0 Å². The maximum absolute atomic E-state index is 12.8.